The third-order valence-electron chi connectivity index (χ3n) is 3.14. The highest BCUT2D eigenvalue weighted by molar-refractivity contribution is 5.75. The maximum absolute atomic E-state index is 11.1. The van der Waals surface area contributed by atoms with E-state index in [1.807, 2.05) is 13.8 Å². The molecule has 1 unspecified atom stereocenters. The van der Waals surface area contributed by atoms with Gasteiger partial charge in [0, 0.05) is 25.6 Å². The van der Waals surface area contributed by atoms with Crippen molar-refractivity contribution in [2.45, 2.75) is 44.8 Å². The first-order valence-electron chi connectivity index (χ1n) is 5.40. The lowest BCUT2D eigenvalue weighted by Crippen LogP contribution is -2.47. The summed E-state index contributed by atoms with van der Waals surface area (Å²) in [6.45, 7) is 5.55. The Kier molecular flexibility index (Phi) is 4.07. The van der Waals surface area contributed by atoms with Crippen LogP contribution >= 0.6 is 0 Å². The number of nitrogens with zero attached hydrogens (tertiary/aromatic N) is 1. The summed E-state index contributed by atoms with van der Waals surface area (Å²) in [4.78, 5) is 13.3. The Bertz CT molecular complexity index is 221. The normalized spacial score (nSPS) is 23.5. The van der Waals surface area contributed by atoms with E-state index in [1.54, 1.807) is 0 Å². The van der Waals surface area contributed by atoms with E-state index in [1.165, 1.54) is 0 Å². The van der Waals surface area contributed by atoms with Crippen LogP contribution in [0.5, 0.6) is 0 Å². The van der Waals surface area contributed by atoms with Crippen molar-refractivity contribution in [3.05, 3.63) is 0 Å². The van der Waals surface area contributed by atoms with E-state index < -0.39 is 5.60 Å². The largest absolute Gasteiger partial charge is 0.390 e. The van der Waals surface area contributed by atoms with E-state index in [4.69, 9.17) is 5.84 Å². The standard InChI is InChI=1S/C10H21N3O2/c1-8(7-9(14)12-11)13-5-3-10(2,15)4-6-13/h8,15H,3-7,11H2,1-2H3,(H,12,14). The molecule has 88 valence electrons. The summed E-state index contributed by atoms with van der Waals surface area (Å²) in [6, 6.07) is 0.185. The van der Waals surface area contributed by atoms with Gasteiger partial charge in [-0.25, -0.2) is 5.84 Å². The van der Waals surface area contributed by atoms with Gasteiger partial charge in [0.1, 0.15) is 0 Å². The summed E-state index contributed by atoms with van der Waals surface area (Å²) in [5.74, 6) is 4.90. The predicted molar refractivity (Wildman–Crippen MR) is 57.8 cm³/mol. The molecule has 1 aliphatic heterocycles. The fourth-order valence-corrected chi connectivity index (χ4v) is 1.90. The molecule has 0 aromatic carbocycles. The molecule has 5 nitrogen and oxygen atoms in total. The Labute approximate surface area is 90.6 Å². The van der Waals surface area contributed by atoms with Gasteiger partial charge in [0.25, 0.3) is 0 Å². The summed E-state index contributed by atoms with van der Waals surface area (Å²) in [5.41, 5.74) is 1.60. The topological polar surface area (TPSA) is 78.6 Å². The van der Waals surface area contributed by atoms with E-state index in [-0.39, 0.29) is 11.9 Å². The summed E-state index contributed by atoms with van der Waals surface area (Å²) in [5, 5.41) is 9.78. The van der Waals surface area contributed by atoms with Gasteiger partial charge in [0.15, 0.2) is 0 Å². The van der Waals surface area contributed by atoms with Crippen LogP contribution in [0.2, 0.25) is 0 Å². The Morgan fingerprint density at radius 2 is 2.13 bits per heavy atom. The second-order valence-corrected chi connectivity index (χ2v) is 4.65. The van der Waals surface area contributed by atoms with Crippen LogP contribution in [0.3, 0.4) is 0 Å². The van der Waals surface area contributed by atoms with Crippen LogP contribution in [-0.4, -0.2) is 40.6 Å². The van der Waals surface area contributed by atoms with Gasteiger partial charge in [-0.05, 0) is 26.7 Å². The number of carbonyl (C=O) groups is 1. The maximum atomic E-state index is 11.1. The molecule has 0 aliphatic carbocycles. The number of nitrogens with two attached hydrogens (primary N) is 1. The minimum atomic E-state index is -0.535. The van der Waals surface area contributed by atoms with Gasteiger partial charge in [-0.2, -0.15) is 0 Å². The summed E-state index contributed by atoms with van der Waals surface area (Å²) in [7, 11) is 0. The molecule has 0 aromatic heterocycles. The number of hydrogen-bond acceptors (Lipinski definition) is 4. The molecular formula is C10H21N3O2. The number of nitrogens with one attached hydrogen (secondary N) is 1. The molecule has 1 fully saturated rings. The molecule has 1 heterocycles. The zero-order chi connectivity index (χ0) is 11.5. The van der Waals surface area contributed by atoms with E-state index in [2.05, 4.69) is 10.3 Å². The van der Waals surface area contributed by atoms with Crippen LogP contribution in [-0.2, 0) is 4.79 Å². The number of likely N-dealkylation sites (tertiary alicyclic amines) is 1. The molecule has 1 amide bonds. The van der Waals surface area contributed by atoms with Gasteiger partial charge >= 0.3 is 0 Å². The molecule has 0 saturated carbocycles. The molecule has 5 heteroatoms. The van der Waals surface area contributed by atoms with E-state index in [0.29, 0.717) is 6.42 Å². The molecule has 0 bridgehead atoms. The third kappa shape index (κ3) is 3.77. The number of rotatable bonds is 3. The fourth-order valence-electron chi connectivity index (χ4n) is 1.90. The Morgan fingerprint density at radius 3 is 2.60 bits per heavy atom. The highest BCUT2D eigenvalue weighted by Crippen LogP contribution is 2.23. The molecule has 1 atom stereocenters. The first-order chi connectivity index (χ1) is 6.94. The smallest absolute Gasteiger partial charge is 0.235 e. The fraction of sp³-hybridized carbons (Fsp3) is 0.900. The molecule has 4 N–H and O–H groups in total. The number of amides is 1. The SMILES string of the molecule is CC(CC(=O)NN)N1CCC(C)(O)CC1. The van der Waals surface area contributed by atoms with Gasteiger partial charge < -0.3 is 5.11 Å². The van der Waals surface area contributed by atoms with Gasteiger partial charge in [0.05, 0.1) is 5.60 Å². The lowest BCUT2D eigenvalue weighted by atomic mass is 9.93. The minimum absolute atomic E-state index is 0.139. The molecule has 1 saturated heterocycles. The summed E-state index contributed by atoms with van der Waals surface area (Å²) in [6.07, 6.45) is 1.95. The number of carbonyl (C=O) groups excluding carboxylic acids is 1. The quantitative estimate of drug-likeness (QED) is 0.340. The van der Waals surface area contributed by atoms with Crippen LogP contribution in [0.4, 0.5) is 0 Å². The van der Waals surface area contributed by atoms with Crippen molar-refractivity contribution >= 4 is 5.91 Å². The third-order valence-corrected chi connectivity index (χ3v) is 3.14. The molecule has 15 heavy (non-hydrogen) atoms. The highest BCUT2D eigenvalue weighted by Gasteiger charge is 2.29. The van der Waals surface area contributed by atoms with E-state index in [9.17, 15) is 9.90 Å². The Balaban J connectivity index is 2.36. The zero-order valence-electron chi connectivity index (χ0n) is 9.49. The first kappa shape index (κ1) is 12.4. The lowest BCUT2D eigenvalue weighted by molar-refractivity contribution is -0.122. The predicted octanol–water partition coefficient (Wildman–Crippen LogP) is -0.398. The van der Waals surface area contributed by atoms with Crippen LogP contribution in [0.1, 0.15) is 33.1 Å². The van der Waals surface area contributed by atoms with Crippen molar-refractivity contribution in [1.82, 2.24) is 10.3 Å². The highest BCUT2D eigenvalue weighted by atomic mass is 16.3. The van der Waals surface area contributed by atoms with Crippen molar-refractivity contribution < 1.29 is 9.90 Å². The second kappa shape index (κ2) is 4.92. The number of hydrazine groups is 1. The van der Waals surface area contributed by atoms with Crippen molar-refractivity contribution in [3.8, 4) is 0 Å². The second-order valence-electron chi connectivity index (χ2n) is 4.65. The zero-order valence-corrected chi connectivity index (χ0v) is 9.49. The molecular weight excluding hydrogens is 194 g/mol. The summed E-state index contributed by atoms with van der Waals surface area (Å²) >= 11 is 0. The average molecular weight is 215 g/mol. The minimum Gasteiger partial charge on any atom is -0.390 e. The van der Waals surface area contributed by atoms with Crippen molar-refractivity contribution in [2.24, 2.45) is 5.84 Å². The molecule has 0 aromatic rings. The molecule has 0 radical (unpaired) electrons. The first-order valence-corrected chi connectivity index (χ1v) is 5.40. The number of aliphatic hydroxyl groups is 1. The number of hydrogen-bond donors (Lipinski definition) is 3. The van der Waals surface area contributed by atoms with Crippen LogP contribution < -0.4 is 11.3 Å². The average Bonchev–Trinajstić information content (AvgIpc) is 2.17. The van der Waals surface area contributed by atoms with Crippen LogP contribution in [0, 0.1) is 0 Å². The summed E-state index contributed by atoms with van der Waals surface area (Å²) < 4.78 is 0. The Hall–Kier alpha value is -0.650. The van der Waals surface area contributed by atoms with Gasteiger partial charge in [0.2, 0.25) is 5.91 Å². The van der Waals surface area contributed by atoms with Gasteiger partial charge in [-0.3, -0.25) is 15.1 Å². The van der Waals surface area contributed by atoms with Crippen molar-refractivity contribution in [3.63, 3.8) is 0 Å². The number of piperidine rings is 1. The van der Waals surface area contributed by atoms with Gasteiger partial charge in [-0.1, -0.05) is 0 Å². The van der Waals surface area contributed by atoms with E-state index >= 15 is 0 Å². The van der Waals surface area contributed by atoms with Crippen molar-refractivity contribution in [2.75, 3.05) is 13.1 Å². The molecule has 1 aliphatic rings. The van der Waals surface area contributed by atoms with Crippen LogP contribution in [0.25, 0.3) is 0 Å². The molecule has 0 spiro atoms. The van der Waals surface area contributed by atoms with Crippen molar-refractivity contribution in [1.29, 1.82) is 0 Å². The van der Waals surface area contributed by atoms with Crippen LogP contribution in [0.15, 0.2) is 0 Å². The van der Waals surface area contributed by atoms with E-state index in [0.717, 1.165) is 25.9 Å². The monoisotopic (exact) mass is 215 g/mol. The Morgan fingerprint density at radius 1 is 1.60 bits per heavy atom. The molecule has 1 rings (SSSR count). The lowest BCUT2D eigenvalue weighted by Gasteiger charge is -2.38. The van der Waals surface area contributed by atoms with Gasteiger partial charge in [-0.15, -0.1) is 0 Å². The maximum Gasteiger partial charge on any atom is 0.235 e.